The molecule has 1 aliphatic rings. The summed E-state index contributed by atoms with van der Waals surface area (Å²) in [7, 11) is 0. The van der Waals surface area contributed by atoms with E-state index in [1.165, 1.54) is 0 Å². The Kier molecular flexibility index (Phi) is 2.15. The minimum atomic E-state index is -2.10. The van der Waals surface area contributed by atoms with E-state index in [2.05, 4.69) is 5.32 Å². The molecule has 1 aromatic rings. The van der Waals surface area contributed by atoms with Crippen molar-refractivity contribution in [2.45, 2.75) is 25.8 Å². The van der Waals surface area contributed by atoms with E-state index in [1.54, 1.807) is 0 Å². The van der Waals surface area contributed by atoms with Gasteiger partial charge < -0.3 is 14.8 Å². The Morgan fingerprint density at radius 1 is 1.47 bits per heavy atom. The first-order valence-corrected chi connectivity index (χ1v) is 5.14. The van der Waals surface area contributed by atoms with Gasteiger partial charge in [-0.3, -0.25) is 0 Å². The molecule has 1 N–H and O–H groups in total. The van der Waals surface area contributed by atoms with Crippen molar-refractivity contribution in [3.05, 3.63) is 23.8 Å². The maximum Gasteiger partial charge on any atom is 0.231 e. The van der Waals surface area contributed by atoms with Crippen LogP contribution in [0, 0.1) is 0 Å². The van der Waals surface area contributed by atoms with Gasteiger partial charge in [0.2, 0.25) is 6.79 Å². The molecule has 82 valence electrons. The summed E-state index contributed by atoms with van der Waals surface area (Å²) in [6.07, 6.45) is 1.42. The van der Waals surface area contributed by atoms with Gasteiger partial charge in [0.1, 0.15) is 0 Å². The van der Waals surface area contributed by atoms with Crippen LogP contribution in [0.5, 0.6) is 11.5 Å². The fourth-order valence-corrected chi connectivity index (χ4v) is 1.65. The second kappa shape index (κ2) is 4.53. The molecule has 2 rings (SSSR count). The second-order valence-electron chi connectivity index (χ2n) is 3.64. The van der Waals surface area contributed by atoms with Gasteiger partial charge in [-0.1, -0.05) is 13.0 Å². The molecule has 1 aliphatic heterocycles. The van der Waals surface area contributed by atoms with E-state index in [1.807, 2.05) is 25.1 Å². The molecule has 0 amide bonds. The molecule has 0 bridgehead atoms. The monoisotopic (exact) mass is 210 g/mol. The third-order valence-corrected chi connectivity index (χ3v) is 2.62. The van der Waals surface area contributed by atoms with Gasteiger partial charge in [-0.25, -0.2) is 0 Å². The Morgan fingerprint density at radius 2 is 2.33 bits per heavy atom. The Bertz CT molecular complexity index is 420. The first kappa shape index (κ1) is 7.12. The summed E-state index contributed by atoms with van der Waals surface area (Å²) in [5.74, 6) is 1.48. The molecule has 0 unspecified atom stereocenters. The number of fused-ring (bicyclic) bond motifs is 1. The molecule has 0 aromatic heterocycles. The van der Waals surface area contributed by atoms with Gasteiger partial charge >= 0.3 is 0 Å². The smallest absolute Gasteiger partial charge is 0.231 e. The molecule has 3 nitrogen and oxygen atoms in total. The molecule has 1 aromatic carbocycles. The van der Waals surface area contributed by atoms with Gasteiger partial charge in [0.25, 0.3) is 0 Å². The SMILES string of the molecule is [2H]C([2H])([2H])N[C@@H](CC)Cc1ccc2c(c1)OCO2. The summed E-state index contributed by atoms with van der Waals surface area (Å²) in [5, 5.41) is 2.65. The summed E-state index contributed by atoms with van der Waals surface area (Å²) in [6.45, 7) is 0.122. The lowest BCUT2D eigenvalue weighted by atomic mass is 10.0. The van der Waals surface area contributed by atoms with Crippen LogP contribution in [0.2, 0.25) is 0 Å². The van der Waals surface area contributed by atoms with Crippen LogP contribution >= 0.6 is 0 Å². The van der Waals surface area contributed by atoms with E-state index in [0.717, 1.165) is 23.5 Å². The van der Waals surface area contributed by atoms with Crippen molar-refractivity contribution < 1.29 is 13.6 Å². The van der Waals surface area contributed by atoms with Gasteiger partial charge in [0, 0.05) is 10.2 Å². The number of benzene rings is 1. The van der Waals surface area contributed by atoms with E-state index in [4.69, 9.17) is 13.6 Å². The summed E-state index contributed by atoms with van der Waals surface area (Å²) >= 11 is 0. The quantitative estimate of drug-likeness (QED) is 0.824. The third kappa shape index (κ3) is 2.23. The molecule has 1 atom stereocenters. The zero-order valence-corrected chi connectivity index (χ0v) is 8.75. The summed E-state index contributed by atoms with van der Waals surface area (Å²) in [6, 6.07) is 5.64. The minimum Gasteiger partial charge on any atom is -0.454 e. The number of rotatable bonds is 4. The maximum atomic E-state index is 7.23. The molecule has 0 aliphatic carbocycles. The lowest BCUT2D eigenvalue weighted by molar-refractivity contribution is 0.174. The molecule has 0 spiro atoms. The van der Waals surface area contributed by atoms with E-state index < -0.39 is 6.98 Å². The number of hydrogen-bond donors (Lipinski definition) is 1. The zero-order chi connectivity index (χ0) is 13.2. The first-order valence-electron chi connectivity index (χ1n) is 6.64. The van der Waals surface area contributed by atoms with Crippen LogP contribution in [0.15, 0.2) is 18.2 Å². The van der Waals surface area contributed by atoms with Crippen LogP contribution in [0.4, 0.5) is 0 Å². The van der Waals surface area contributed by atoms with E-state index >= 15 is 0 Å². The first-order chi connectivity index (χ1) is 8.48. The number of ether oxygens (including phenoxy) is 2. The van der Waals surface area contributed by atoms with Gasteiger partial charge in [-0.2, -0.15) is 0 Å². The molecule has 3 heteroatoms. The lowest BCUT2D eigenvalue weighted by Crippen LogP contribution is -2.26. The molecular formula is C12H17NO2. The molecule has 1 heterocycles. The lowest BCUT2D eigenvalue weighted by Gasteiger charge is -2.13. The van der Waals surface area contributed by atoms with Crippen LogP contribution < -0.4 is 14.8 Å². The molecule has 15 heavy (non-hydrogen) atoms. The van der Waals surface area contributed by atoms with Crippen LogP contribution in [-0.4, -0.2) is 19.8 Å². The van der Waals surface area contributed by atoms with Crippen molar-refractivity contribution >= 4 is 0 Å². The van der Waals surface area contributed by atoms with E-state index in [9.17, 15) is 0 Å². The number of nitrogens with one attached hydrogen (secondary N) is 1. The Morgan fingerprint density at radius 3 is 3.13 bits per heavy atom. The standard InChI is InChI=1S/C12H17NO2/c1-3-10(13-2)6-9-4-5-11-12(7-9)15-8-14-11/h4-5,7,10,13H,3,6,8H2,1-2H3/t10-/m0/s1/i2D3. The van der Waals surface area contributed by atoms with E-state index in [0.29, 0.717) is 6.42 Å². The van der Waals surface area contributed by atoms with Crippen molar-refractivity contribution in [1.29, 1.82) is 0 Å². The molecule has 0 saturated carbocycles. The minimum absolute atomic E-state index is 0.0714. The Hall–Kier alpha value is -1.22. The second-order valence-corrected chi connectivity index (χ2v) is 3.64. The summed E-state index contributed by atoms with van der Waals surface area (Å²) in [4.78, 5) is 0. The number of hydrogen-bond acceptors (Lipinski definition) is 3. The Labute approximate surface area is 94.6 Å². The van der Waals surface area contributed by atoms with E-state index in [-0.39, 0.29) is 12.8 Å². The highest BCUT2D eigenvalue weighted by Gasteiger charge is 2.14. The highest BCUT2D eigenvalue weighted by Crippen LogP contribution is 2.32. The van der Waals surface area contributed by atoms with Gasteiger partial charge in [-0.05, 0) is 37.5 Å². The number of likely N-dealkylation sites (N-methyl/N-ethyl adjacent to an activating group) is 1. The van der Waals surface area contributed by atoms with Crippen molar-refractivity contribution in [3.8, 4) is 11.5 Å². The van der Waals surface area contributed by atoms with Gasteiger partial charge in [0.05, 0.1) is 0 Å². The van der Waals surface area contributed by atoms with Gasteiger partial charge in [0.15, 0.2) is 11.5 Å². The molecule has 0 saturated heterocycles. The average Bonchev–Trinajstić information content (AvgIpc) is 2.73. The highest BCUT2D eigenvalue weighted by molar-refractivity contribution is 5.44. The highest BCUT2D eigenvalue weighted by atomic mass is 16.7. The van der Waals surface area contributed by atoms with Crippen molar-refractivity contribution in [1.82, 2.24) is 5.32 Å². The maximum absolute atomic E-state index is 7.23. The average molecular weight is 210 g/mol. The fourth-order valence-electron chi connectivity index (χ4n) is 1.65. The summed E-state index contributed by atoms with van der Waals surface area (Å²) < 4.78 is 32.2. The van der Waals surface area contributed by atoms with Crippen LogP contribution in [-0.2, 0) is 6.42 Å². The van der Waals surface area contributed by atoms with Crippen molar-refractivity contribution in [3.63, 3.8) is 0 Å². The third-order valence-electron chi connectivity index (χ3n) is 2.62. The van der Waals surface area contributed by atoms with Crippen molar-refractivity contribution in [2.75, 3.05) is 13.8 Å². The van der Waals surface area contributed by atoms with Crippen molar-refractivity contribution in [2.24, 2.45) is 0 Å². The predicted octanol–water partition coefficient (Wildman–Crippen LogP) is 1.96. The Balaban J connectivity index is 2.03. The molecule has 0 fully saturated rings. The van der Waals surface area contributed by atoms with Crippen LogP contribution in [0.25, 0.3) is 0 Å². The van der Waals surface area contributed by atoms with Gasteiger partial charge in [-0.15, -0.1) is 0 Å². The topological polar surface area (TPSA) is 30.5 Å². The normalized spacial score (nSPS) is 19.1. The largest absolute Gasteiger partial charge is 0.454 e. The molecular weight excluding hydrogens is 190 g/mol. The predicted molar refractivity (Wildman–Crippen MR) is 59.4 cm³/mol. The summed E-state index contributed by atoms with van der Waals surface area (Å²) in [5.41, 5.74) is 1.04. The zero-order valence-electron chi connectivity index (χ0n) is 11.7. The van der Waals surface area contributed by atoms with Crippen LogP contribution in [0.3, 0.4) is 0 Å². The fraction of sp³-hybridized carbons (Fsp3) is 0.500. The molecule has 0 radical (unpaired) electrons. The van der Waals surface area contributed by atoms with Crippen LogP contribution in [0.1, 0.15) is 23.0 Å².